The van der Waals surface area contributed by atoms with Crippen LogP contribution in [0.25, 0.3) is 0 Å². The summed E-state index contributed by atoms with van der Waals surface area (Å²) in [7, 11) is 3.40. The molecule has 1 aromatic carbocycles. The molecule has 1 aromatic heterocycles. The molecule has 1 aliphatic carbocycles. The lowest BCUT2D eigenvalue weighted by Crippen LogP contribution is -3.29. The second-order valence-electron chi connectivity index (χ2n) is 9.93. The maximum atomic E-state index is 5.84. The van der Waals surface area contributed by atoms with Crippen LogP contribution in [0.1, 0.15) is 63.9 Å². The van der Waals surface area contributed by atoms with Gasteiger partial charge in [-0.25, -0.2) is 4.68 Å². The number of quaternary nitrogens is 2. The first-order chi connectivity index (χ1) is 14.9. The molecule has 31 heavy (non-hydrogen) atoms. The standard InChI is InChI=1S/C23H36N6O2/c1-23(2,3)29-22(24-25-26-29)20(18-11-8-12-19(30-4)21(18)31-5)28-15-13-27(14-16-28)17-9-6-7-10-17/h8,11-12,17,20H,6-7,9-10,13-16H2,1-5H3/p+2/t20-/m1/s1. The molecule has 170 valence electrons. The van der Waals surface area contributed by atoms with Gasteiger partial charge in [0.15, 0.2) is 17.5 Å². The average Bonchev–Trinajstić information content (AvgIpc) is 3.46. The summed E-state index contributed by atoms with van der Waals surface area (Å²) < 4.78 is 13.4. The number of tetrazole rings is 1. The van der Waals surface area contributed by atoms with Crippen molar-refractivity contribution in [2.75, 3.05) is 40.4 Å². The molecule has 2 aliphatic rings. The number of ether oxygens (including phenoxy) is 2. The van der Waals surface area contributed by atoms with Gasteiger partial charge in [-0.1, -0.05) is 6.07 Å². The summed E-state index contributed by atoms with van der Waals surface area (Å²) in [5, 5.41) is 13.0. The minimum Gasteiger partial charge on any atom is -0.493 e. The van der Waals surface area contributed by atoms with Gasteiger partial charge in [0, 0.05) is 0 Å². The summed E-state index contributed by atoms with van der Waals surface area (Å²) in [5.74, 6) is 2.41. The van der Waals surface area contributed by atoms with Crippen molar-refractivity contribution in [2.24, 2.45) is 0 Å². The monoisotopic (exact) mass is 430 g/mol. The molecule has 0 bridgehead atoms. The van der Waals surface area contributed by atoms with Crippen LogP contribution in [0.5, 0.6) is 11.5 Å². The third-order valence-electron chi connectivity index (χ3n) is 7.01. The highest BCUT2D eigenvalue weighted by Crippen LogP contribution is 2.36. The van der Waals surface area contributed by atoms with E-state index in [0.29, 0.717) is 0 Å². The highest BCUT2D eigenvalue weighted by atomic mass is 16.5. The topological polar surface area (TPSA) is 70.9 Å². The zero-order chi connectivity index (χ0) is 22.0. The second kappa shape index (κ2) is 9.12. The zero-order valence-corrected chi connectivity index (χ0v) is 19.6. The summed E-state index contributed by atoms with van der Waals surface area (Å²) in [4.78, 5) is 3.28. The summed E-state index contributed by atoms with van der Waals surface area (Å²) in [6, 6.07) is 6.96. The number of piperazine rings is 1. The number of benzene rings is 1. The molecule has 0 spiro atoms. The molecule has 0 amide bonds. The lowest BCUT2D eigenvalue weighted by atomic mass is 9.99. The van der Waals surface area contributed by atoms with Crippen molar-refractivity contribution in [3.63, 3.8) is 0 Å². The van der Waals surface area contributed by atoms with Gasteiger partial charge in [0.2, 0.25) is 5.82 Å². The van der Waals surface area contributed by atoms with Gasteiger partial charge in [-0.3, -0.25) is 0 Å². The predicted octanol–water partition coefficient (Wildman–Crippen LogP) is 0.261. The smallest absolute Gasteiger partial charge is 0.214 e. The lowest BCUT2D eigenvalue weighted by Gasteiger charge is -2.37. The van der Waals surface area contributed by atoms with Crippen LogP contribution in [0.4, 0.5) is 0 Å². The van der Waals surface area contributed by atoms with E-state index in [9.17, 15) is 0 Å². The predicted molar refractivity (Wildman–Crippen MR) is 118 cm³/mol. The zero-order valence-electron chi connectivity index (χ0n) is 19.6. The van der Waals surface area contributed by atoms with E-state index in [-0.39, 0.29) is 11.6 Å². The van der Waals surface area contributed by atoms with Crippen molar-refractivity contribution in [2.45, 2.75) is 64.1 Å². The first-order valence-electron chi connectivity index (χ1n) is 11.6. The largest absolute Gasteiger partial charge is 0.493 e. The van der Waals surface area contributed by atoms with Crippen LogP contribution in [0.2, 0.25) is 0 Å². The van der Waals surface area contributed by atoms with Crippen LogP contribution in [0.15, 0.2) is 18.2 Å². The highest BCUT2D eigenvalue weighted by molar-refractivity contribution is 5.48. The Balaban J connectivity index is 1.71. The van der Waals surface area contributed by atoms with Crippen molar-refractivity contribution in [3.8, 4) is 11.5 Å². The number of hydrogen-bond donors (Lipinski definition) is 2. The van der Waals surface area contributed by atoms with Crippen molar-refractivity contribution in [1.82, 2.24) is 20.2 Å². The van der Waals surface area contributed by atoms with Gasteiger partial charge in [-0.2, -0.15) is 0 Å². The lowest BCUT2D eigenvalue weighted by molar-refractivity contribution is -1.03. The molecular formula is C23H38N6O2+2. The summed E-state index contributed by atoms with van der Waals surface area (Å²) in [6.45, 7) is 11.0. The molecular weight excluding hydrogens is 392 g/mol. The number of aromatic nitrogens is 4. The summed E-state index contributed by atoms with van der Waals surface area (Å²) in [6.07, 6.45) is 5.57. The van der Waals surface area contributed by atoms with E-state index in [0.717, 1.165) is 42.0 Å². The van der Waals surface area contributed by atoms with Crippen molar-refractivity contribution >= 4 is 0 Å². The fourth-order valence-corrected chi connectivity index (χ4v) is 5.46. The van der Waals surface area contributed by atoms with E-state index in [1.165, 1.54) is 43.7 Å². The SMILES string of the molecule is COc1cccc([C@H](c2nnnn2C(C)(C)C)[NH+]2CC[NH+](C3CCCC3)CC2)c1OC. The second-order valence-corrected chi connectivity index (χ2v) is 9.93. The normalized spacial score (nSPS) is 23.6. The first kappa shape index (κ1) is 22.0. The van der Waals surface area contributed by atoms with Crippen molar-refractivity contribution in [1.29, 1.82) is 0 Å². The molecule has 2 N–H and O–H groups in total. The molecule has 2 fully saturated rings. The van der Waals surface area contributed by atoms with Gasteiger partial charge in [-0.05, 0) is 69.0 Å². The molecule has 2 heterocycles. The Morgan fingerprint density at radius 2 is 1.74 bits per heavy atom. The Bertz CT molecular complexity index is 863. The average molecular weight is 431 g/mol. The van der Waals surface area contributed by atoms with E-state index in [1.807, 2.05) is 16.8 Å². The molecule has 0 unspecified atom stereocenters. The maximum Gasteiger partial charge on any atom is 0.214 e. The van der Waals surface area contributed by atoms with Crippen LogP contribution in [-0.2, 0) is 5.54 Å². The Kier molecular flexibility index (Phi) is 6.48. The number of rotatable bonds is 6. The molecule has 1 saturated carbocycles. The molecule has 1 aliphatic heterocycles. The van der Waals surface area contributed by atoms with Gasteiger partial charge in [0.25, 0.3) is 0 Å². The maximum absolute atomic E-state index is 5.84. The van der Waals surface area contributed by atoms with Gasteiger partial charge in [-0.15, -0.1) is 5.10 Å². The van der Waals surface area contributed by atoms with Crippen LogP contribution < -0.4 is 19.3 Å². The molecule has 8 nitrogen and oxygen atoms in total. The molecule has 1 atom stereocenters. The quantitative estimate of drug-likeness (QED) is 0.688. The molecule has 4 rings (SSSR count). The third kappa shape index (κ3) is 4.41. The van der Waals surface area contributed by atoms with E-state index < -0.39 is 0 Å². The van der Waals surface area contributed by atoms with Gasteiger partial charge >= 0.3 is 0 Å². The Morgan fingerprint density at radius 3 is 2.35 bits per heavy atom. The minimum atomic E-state index is -0.209. The number of hydrogen-bond acceptors (Lipinski definition) is 5. The van der Waals surface area contributed by atoms with Gasteiger partial charge < -0.3 is 19.3 Å². The van der Waals surface area contributed by atoms with E-state index >= 15 is 0 Å². The fraction of sp³-hybridized carbons (Fsp3) is 0.696. The van der Waals surface area contributed by atoms with Crippen LogP contribution in [0.3, 0.4) is 0 Å². The Labute approximate surface area is 185 Å². The van der Waals surface area contributed by atoms with Crippen molar-refractivity contribution in [3.05, 3.63) is 29.6 Å². The summed E-state index contributed by atoms with van der Waals surface area (Å²) in [5.41, 5.74) is 0.876. The van der Waals surface area contributed by atoms with Gasteiger partial charge in [0.1, 0.15) is 26.2 Å². The van der Waals surface area contributed by atoms with E-state index in [2.05, 4.69) is 42.4 Å². The van der Waals surface area contributed by atoms with Crippen LogP contribution in [0, 0.1) is 0 Å². The number of methoxy groups -OCH3 is 2. The number of nitrogens with zero attached hydrogens (tertiary/aromatic N) is 4. The van der Waals surface area contributed by atoms with Crippen molar-refractivity contribution < 1.29 is 19.3 Å². The molecule has 8 heteroatoms. The first-order valence-corrected chi connectivity index (χ1v) is 11.6. The molecule has 2 aromatic rings. The fourth-order valence-electron chi connectivity index (χ4n) is 5.46. The number of para-hydroxylation sites is 1. The van der Waals surface area contributed by atoms with E-state index in [4.69, 9.17) is 9.47 Å². The minimum absolute atomic E-state index is 0.00981. The van der Waals surface area contributed by atoms with Crippen LogP contribution in [-0.4, -0.2) is 66.6 Å². The Hall–Kier alpha value is -2.19. The Morgan fingerprint density at radius 1 is 1.03 bits per heavy atom. The molecule has 0 radical (unpaired) electrons. The molecule has 1 saturated heterocycles. The van der Waals surface area contributed by atoms with Gasteiger partial charge in [0.05, 0.1) is 31.4 Å². The van der Waals surface area contributed by atoms with E-state index in [1.54, 1.807) is 19.1 Å². The highest BCUT2D eigenvalue weighted by Gasteiger charge is 2.41. The van der Waals surface area contributed by atoms with Crippen LogP contribution >= 0.6 is 0 Å². The number of nitrogens with one attached hydrogen (secondary N) is 2. The third-order valence-corrected chi connectivity index (χ3v) is 7.01. The summed E-state index contributed by atoms with van der Waals surface area (Å²) >= 11 is 0.